The number of allylic oxidation sites excluding steroid dienone is 1. The number of rotatable bonds is 5. The van der Waals surface area contributed by atoms with E-state index < -0.39 is 17.8 Å². The molecule has 0 saturated carbocycles. The summed E-state index contributed by atoms with van der Waals surface area (Å²) in [7, 11) is 0. The van der Waals surface area contributed by atoms with E-state index in [1.807, 2.05) is 0 Å². The normalized spacial score (nSPS) is 9.13. The van der Waals surface area contributed by atoms with Crippen LogP contribution in [0.4, 0.5) is 8.78 Å². The zero-order valence-corrected chi connectivity index (χ0v) is 8.97. The van der Waals surface area contributed by atoms with Gasteiger partial charge in [0.15, 0.2) is 0 Å². The van der Waals surface area contributed by atoms with Gasteiger partial charge in [-0.05, 0) is 26.8 Å². The first kappa shape index (κ1) is 13.6. The van der Waals surface area contributed by atoms with Crippen LogP contribution in [0.25, 0.3) is 0 Å². The Bertz CT molecular complexity index is 274. The first-order chi connectivity index (χ1) is 6.99. The number of hydrogen-bond acceptors (Lipinski definition) is 3. The van der Waals surface area contributed by atoms with Gasteiger partial charge in [-0.25, -0.2) is 4.79 Å². The molecule has 0 aromatic carbocycles. The van der Waals surface area contributed by atoms with Crippen molar-refractivity contribution in [1.82, 2.24) is 0 Å². The summed E-state index contributed by atoms with van der Waals surface area (Å²) in [6.07, 6.45) is -0.585. The molecule has 0 fully saturated rings. The summed E-state index contributed by atoms with van der Waals surface area (Å²) in [5.41, 5.74) is 0.914. The van der Waals surface area contributed by atoms with Gasteiger partial charge in [-0.2, -0.15) is 8.78 Å². The second kappa shape index (κ2) is 6.98. The molecule has 0 amide bonds. The molecule has 0 bridgehead atoms. The molecular formula is C10H14F2O3. The maximum Gasteiger partial charge on any atom is 0.379 e. The zero-order chi connectivity index (χ0) is 11.8. The van der Waals surface area contributed by atoms with Gasteiger partial charge in [0.1, 0.15) is 6.61 Å². The Morgan fingerprint density at radius 2 is 1.87 bits per heavy atom. The third kappa shape index (κ3) is 5.83. The highest BCUT2D eigenvalue weighted by atomic mass is 19.3. The van der Waals surface area contributed by atoms with Crippen molar-refractivity contribution in [2.24, 2.45) is 0 Å². The Balaban J connectivity index is 4.39. The number of esters is 1. The van der Waals surface area contributed by atoms with E-state index in [1.54, 1.807) is 19.9 Å². The first-order valence-electron chi connectivity index (χ1n) is 4.47. The minimum atomic E-state index is -2.17. The highest BCUT2D eigenvalue weighted by molar-refractivity contribution is 5.86. The van der Waals surface area contributed by atoms with Gasteiger partial charge in [-0.15, -0.1) is 0 Å². The summed E-state index contributed by atoms with van der Waals surface area (Å²) in [6.45, 7) is 5.07. The van der Waals surface area contributed by atoms with Gasteiger partial charge < -0.3 is 9.47 Å². The Hall–Kier alpha value is -1.39. The summed E-state index contributed by atoms with van der Waals surface area (Å²) in [4.78, 5) is 11.0. The smallest absolute Gasteiger partial charge is 0.379 e. The summed E-state index contributed by atoms with van der Waals surface area (Å²) in [5.74, 6) is -2.16. The molecule has 15 heavy (non-hydrogen) atoms. The molecule has 0 aliphatic carbocycles. The topological polar surface area (TPSA) is 35.5 Å². The van der Waals surface area contributed by atoms with Gasteiger partial charge in [-0.1, -0.05) is 5.57 Å². The van der Waals surface area contributed by atoms with Crippen LogP contribution in [0, 0.1) is 0 Å². The number of hydrogen-bond donors (Lipinski definition) is 0. The molecule has 0 heterocycles. The van der Waals surface area contributed by atoms with Crippen molar-refractivity contribution in [3.63, 3.8) is 0 Å². The van der Waals surface area contributed by atoms with Crippen LogP contribution in [-0.4, -0.2) is 19.2 Å². The fraction of sp³-hybridized carbons (Fsp3) is 0.500. The van der Waals surface area contributed by atoms with E-state index >= 15 is 0 Å². The van der Waals surface area contributed by atoms with Crippen LogP contribution in [0.3, 0.4) is 0 Å². The van der Waals surface area contributed by atoms with E-state index in [2.05, 4.69) is 9.47 Å². The molecule has 0 aromatic heterocycles. The van der Waals surface area contributed by atoms with Crippen LogP contribution in [-0.2, 0) is 14.3 Å². The van der Waals surface area contributed by atoms with Crippen LogP contribution < -0.4 is 0 Å². The predicted molar refractivity (Wildman–Crippen MR) is 51.3 cm³/mol. The fourth-order valence-electron chi connectivity index (χ4n) is 0.679. The predicted octanol–water partition coefficient (Wildman–Crippen LogP) is 2.64. The second-order valence-corrected chi connectivity index (χ2v) is 2.90. The van der Waals surface area contributed by atoms with Crippen molar-refractivity contribution in [3.05, 3.63) is 23.5 Å². The third-order valence-corrected chi connectivity index (χ3v) is 1.35. The number of ether oxygens (including phenoxy) is 2. The van der Waals surface area contributed by atoms with Crippen LogP contribution in [0.1, 0.15) is 20.8 Å². The Morgan fingerprint density at radius 1 is 1.27 bits per heavy atom. The van der Waals surface area contributed by atoms with Gasteiger partial charge in [0, 0.05) is 0 Å². The molecule has 3 nitrogen and oxygen atoms in total. The van der Waals surface area contributed by atoms with Crippen molar-refractivity contribution < 1.29 is 23.0 Å². The van der Waals surface area contributed by atoms with Crippen molar-refractivity contribution in [3.8, 4) is 0 Å². The molecule has 0 unspecified atom stereocenters. The molecule has 86 valence electrons. The molecule has 0 atom stereocenters. The highest BCUT2D eigenvalue weighted by Crippen LogP contribution is 2.11. The van der Waals surface area contributed by atoms with Gasteiger partial charge in [0.25, 0.3) is 5.76 Å². The molecule has 0 aliphatic rings. The lowest BCUT2D eigenvalue weighted by Crippen LogP contribution is -2.11. The van der Waals surface area contributed by atoms with Gasteiger partial charge >= 0.3 is 12.0 Å². The molecule has 0 radical (unpaired) electrons. The molecule has 0 aliphatic heterocycles. The monoisotopic (exact) mass is 220 g/mol. The lowest BCUT2D eigenvalue weighted by atomic mass is 10.3. The summed E-state index contributed by atoms with van der Waals surface area (Å²) in [5, 5.41) is 0. The van der Waals surface area contributed by atoms with Crippen LogP contribution >= 0.6 is 0 Å². The quantitative estimate of drug-likeness (QED) is 0.309. The van der Waals surface area contributed by atoms with E-state index in [4.69, 9.17) is 0 Å². The number of halogens is 2. The van der Waals surface area contributed by atoms with Gasteiger partial charge in [-0.3, -0.25) is 0 Å². The Kier molecular flexibility index (Phi) is 6.33. The number of carbonyl (C=O) groups excluding carboxylic acids is 1. The summed E-state index contributed by atoms with van der Waals surface area (Å²) in [6, 6.07) is 0. The van der Waals surface area contributed by atoms with E-state index in [0.717, 1.165) is 5.57 Å². The van der Waals surface area contributed by atoms with E-state index in [1.165, 1.54) is 6.92 Å². The minimum Gasteiger partial charge on any atom is -0.479 e. The van der Waals surface area contributed by atoms with Gasteiger partial charge in [0.2, 0.25) is 0 Å². The van der Waals surface area contributed by atoms with E-state index in [0.29, 0.717) is 0 Å². The van der Waals surface area contributed by atoms with Crippen molar-refractivity contribution in [2.75, 3.05) is 13.2 Å². The van der Waals surface area contributed by atoms with E-state index in [-0.39, 0.29) is 13.2 Å². The first-order valence-corrected chi connectivity index (χ1v) is 4.47. The zero-order valence-electron chi connectivity index (χ0n) is 8.97. The van der Waals surface area contributed by atoms with E-state index in [9.17, 15) is 13.6 Å². The largest absolute Gasteiger partial charge is 0.479 e. The summed E-state index contributed by atoms with van der Waals surface area (Å²) >= 11 is 0. The van der Waals surface area contributed by atoms with Crippen molar-refractivity contribution >= 4 is 5.97 Å². The third-order valence-electron chi connectivity index (χ3n) is 1.35. The van der Waals surface area contributed by atoms with Crippen molar-refractivity contribution in [2.45, 2.75) is 20.8 Å². The Labute approximate surface area is 87.4 Å². The minimum absolute atomic E-state index is 0.0294. The molecular weight excluding hydrogens is 206 g/mol. The second-order valence-electron chi connectivity index (χ2n) is 2.90. The molecule has 5 heteroatoms. The lowest BCUT2D eigenvalue weighted by Gasteiger charge is -2.06. The molecule has 0 spiro atoms. The lowest BCUT2D eigenvalue weighted by molar-refractivity contribution is -0.142. The summed E-state index contributed by atoms with van der Waals surface area (Å²) < 4.78 is 33.5. The van der Waals surface area contributed by atoms with Crippen LogP contribution in [0.5, 0.6) is 0 Å². The van der Waals surface area contributed by atoms with Crippen LogP contribution in [0.15, 0.2) is 23.5 Å². The average molecular weight is 220 g/mol. The molecule has 0 rings (SSSR count). The number of carbonyl (C=O) groups is 1. The molecule has 0 saturated heterocycles. The standard InChI is InChI=1S/C10H14F2O3/c1-4-14-10(13)8(9(11)12)15-6-5-7(2)3/h5H,4,6H2,1-3H3. The maximum absolute atomic E-state index is 12.2. The Morgan fingerprint density at radius 3 is 2.27 bits per heavy atom. The van der Waals surface area contributed by atoms with Crippen LogP contribution in [0.2, 0.25) is 0 Å². The molecule has 0 N–H and O–H groups in total. The SMILES string of the molecule is CCOC(=O)C(OCC=C(C)C)=C(F)F. The average Bonchev–Trinajstić information content (AvgIpc) is 2.11. The fourth-order valence-corrected chi connectivity index (χ4v) is 0.679. The highest BCUT2D eigenvalue weighted by Gasteiger charge is 2.18. The van der Waals surface area contributed by atoms with Gasteiger partial charge in [0.05, 0.1) is 6.61 Å². The maximum atomic E-state index is 12.2. The molecule has 0 aromatic rings. The van der Waals surface area contributed by atoms with Crippen molar-refractivity contribution in [1.29, 1.82) is 0 Å².